The summed E-state index contributed by atoms with van der Waals surface area (Å²) < 4.78 is 33.0. The minimum absolute atomic E-state index is 0.213. The molecule has 1 amide bonds. The summed E-state index contributed by atoms with van der Waals surface area (Å²) in [5.41, 5.74) is 1.19. The summed E-state index contributed by atoms with van der Waals surface area (Å²) in [4.78, 5) is 12.1. The number of sulfonamides is 1. The van der Waals surface area contributed by atoms with Crippen molar-refractivity contribution >= 4 is 15.9 Å². The largest absolute Gasteiger partial charge is 0.497 e. The van der Waals surface area contributed by atoms with Gasteiger partial charge in [0.1, 0.15) is 11.8 Å². The zero-order valence-corrected chi connectivity index (χ0v) is 13.9. The number of carbonyl (C=O) groups is 1. The Kier molecular flexibility index (Phi) is 5.08. The van der Waals surface area contributed by atoms with Gasteiger partial charge in [-0.2, -0.15) is 4.72 Å². The van der Waals surface area contributed by atoms with E-state index in [9.17, 15) is 13.2 Å². The average molecular weight is 326 g/mol. The number of hydrogen-bond donors (Lipinski definition) is 2. The molecule has 1 fully saturated rings. The third-order valence-corrected chi connectivity index (χ3v) is 5.55. The molecule has 0 saturated carbocycles. The molecule has 1 aromatic carbocycles. The molecule has 1 aromatic rings. The van der Waals surface area contributed by atoms with Crippen molar-refractivity contribution in [3.05, 3.63) is 23.3 Å². The van der Waals surface area contributed by atoms with Crippen LogP contribution in [-0.2, 0) is 14.8 Å². The first-order valence-electron chi connectivity index (χ1n) is 7.30. The molecule has 6 nitrogen and oxygen atoms in total. The first-order valence-corrected chi connectivity index (χ1v) is 8.79. The number of nitrogens with one attached hydrogen (secondary N) is 2. The standard InChI is InChI=1S/C15H22N2O4S/c1-10-8-12(21-3)9-11(2)14(10)22(19,20)17-13-6-4-5-7-16-15(13)18/h8-9,13,17H,4-7H2,1-3H3,(H,16,18)/t13-/m1/s1. The fourth-order valence-electron chi connectivity index (χ4n) is 2.75. The van der Waals surface area contributed by atoms with Gasteiger partial charge >= 0.3 is 0 Å². The maximum atomic E-state index is 12.7. The monoisotopic (exact) mass is 326 g/mol. The van der Waals surface area contributed by atoms with E-state index in [0.29, 0.717) is 29.8 Å². The molecule has 0 radical (unpaired) electrons. The molecular formula is C15H22N2O4S. The lowest BCUT2D eigenvalue weighted by Gasteiger charge is -2.18. The van der Waals surface area contributed by atoms with E-state index in [4.69, 9.17) is 4.74 Å². The second kappa shape index (κ2) is 6.66. The fraction of sp³-hybridized carbons (Fsp3) is 0.533. The van der Waals surface area contributed by atoms with E-state index in [-0.39, 0.29) is 10.8 Å². The van der Waals surface area contributed by atoms with Crippen molar-refractivity contribution in [2.24, 2.45) is 0 Å². The summed E-state index contributed by atoms with van der Waals surface area (Å²) in [6.45, 7) is 4.03. The van der Waals surface area contributed by atoms with Crippen LogP contribution in [0.25, 0.3) is 0 Å². The molecule has 0 aliphatic carbocycles. The van der Waals surface area contributed by atoms with Crippen LogP contribution in [0.3, 0.4) is 0 Å². The Morgan fingerprint density at radius 1 is 1.23 bits per heavy atom. The maximum Gasteiger partial charge on any atom is 0.241 e. The molecule has 0 unspecified atom stereocenters. The van der Waals surface area contributed by atoms with Gasteiger partial charge in [0.25, 0.3) is 0 Å². The highest BCUT2D eigenvalue weighted by Gasteiger charge is 2.28. The van der Waals surface area contributed by atoms with E-state index in [1.165, 1.54) is 7.11 Å². The highest BCUT2D eigenvalue weighted by atomic mass is 32.2. The molecule has 2 rings (SSSR count). The van der Waals surface area contributed by atoms with E-state index in [0.717, 1.165) is 12.8 Å². The molecule has 0 bridgehead atoms. The van der Waals surface area contributed by atoms with Gasteiger partial charge in [-0.3, -0.25) is 4.79 Å². The van der Waals surface area contributed by atoms with E-state index < -0.39 is 16.1 Å². The topological polar surface area (TPSA) is 84.5 Å². The quantitative estimate of drug-likeness (QED) is 0.872. The lowest BCUT2D eigenvalue weighted by Crippen LogP contribution is -2.45. The van der Waals surface area contributed by atoms with Gasteiger partial charge in [-0.15, -0.1) is 0 Å². The molecule has 0 aromatic heterocycles. The highest BCUT2D eigenvalue weighted by Crippen LogP contribution is 2.26. The van der Waals surface area contributed by atoms with Gasteiger partial charge in [0.15, 0.2) is 0 Å². The van der Waals surface area contributed by atoms with Gasteiger partial charge in [-0.05, 0) is 56.4 Å². The van der Waals surface area contributed by atoms with Crippen LogP contribution in [0.2, 0.25) is 0 Å². The van der Waals surface area contributed by atoms with Crippen molar-refractivity contribution in [3.63, 3.8) is 0 Å². The maximum absolute atomic E-state index is 12.7. The van der Waals surface area contributed by atoms with E-state index in [2.05, 4.69) is 10.0 Å². The number of hydrogen-bond acceptors (Lipinski definition) is 4. The molecule has 0 spiro atoms. The Bertz CT molecular complexity index is 647. The Labute approximate surface area is 131 Å². The molecule has 2 N–H and O–H groups in total. The zero-order chi connectivity index (χ0) is 16.3. The van der Waals surface area contributed by atoms with Gasteiger partial charge in [0, 0.05) is 6.54 Å². The van der Waals surface area contributed by atoms with Gasteiger partial charge in [0.05, 0.1) is 12.0 Å². The first kappa shape index (κ1) is 16.8. The Hall–Kier alpha value is -1.60. The van der Waals surface area contributed by atoms with Gasteiger partial charge in [0.2, 0.25) is 15.9 Å². The molecule has 1 heterocycles. The Morgan fingerprint density at radius 2 is 1.86 bits per heavy atom. The second-order valence-corrected chi connectivity index (χ2v) is 7.20. The number of ether oxygens (including phenoxy) is 1. The van der Waals surface area contributed by atoms with Crippen LogP contribution >= 0.6 is 0 Å². The van der Waals surface area contributed by atoms with Crippen molar-refractivity contribution in [1.29, 1.82) is 0 Å². The molecular weight excluding hydrogens is 304 g/mol. The molecule has 1 atom stereocenters. The molecule has 7 heteroatoms. The summed E-state index contributed by atoms with van der Waals surface area (Å²) in [7, 11) is -2.22. The van der Waals surface area contributed by atoms with Crippen molar-refractivity contribution < 1.29 is 17.9 Å². The lowest BCUT2D eigenvalue weighted by molar-refractivity contribution is -0.122. The molecule has 1 aliphatic heterocycles. The molecule has 122 valence electrons. The zero-order valence-electron chi connectivity index (χ0n) is 13.1. The normalized spacial score (nSPS) is 19.4. The summed E-state index contributed by atoms with van der Waals surface area (Å²) >= 11 is 0. The fourth-order valence-corrected chi connectivity index (χ4v) is 4.43. The predicted molar refractivity (Wildman–Crippen MR) is 83.4 cm³/mol. The molecule has 22 heavy (non-hydrogen) atoms. The van der Waals surface area contributed by atoms with Crippen LogP contribution in [0.1, 0.15) is 30.4 Å². The summed E-state index contributed by atoms with van der Waals surface area (Å²) in [6, 6.07) is 2.64. The van der Waals surface area contributed by atoms with Crippen LogP contribution in [0.4, 0.5) is 0 Å². The predicted octanol–water partition coefficient (Wildman–Crippen LogP) is 1.26. The number of carbonyl (C=O) groups excluding carboxylic acids is 1. The van der Waals surface area contributed by atoms with Gasteiger partial charge in [-0.25, -0.2) is 8.42 Å². The van der Waals surface area contributed by atoms with Gasteiger partial charge < -0.3 is 10.1 Å². The van der Waals surface area contributed by atoms with E-state index in [1.54, 1.807) is 26.0 Å². The van der Waals surface area contributed by atoms with Gasteiger partial charge in [-0.1, -0.05) is 0 Å². The van der Waals surface area contributed by atoms with Crippen molar-refractivity contribution in [2.45, 2.75) is 44.0 Å². The lowest BCUT2D eigenvalue weighted by atomic mass is 10.1. The SMILES string of the molecule is COc1cc(C)c(S(=O)(=O)N[C@@H]2CCCCNC2=O)c(C)c1. The summed E-state index contributed by atoms with van der Waals surface area (Å²) in [6.07, 6.45) is 2.19. The van der Waals surface area contributed by atoms with Crippen LogP contribution in [0, 0.1) is 13.8 Å². The highest BCUT2D eigenvalue weighted by molar-refractivity contribution is 7.89. The molecule has 1 aliphatic rings. The smallest absolute Gasteiger partial charge is 0.241 e. The number of methoxy groups -OCH3 is 1. The van der Waals surface area contributed by atoms with Crippen LogP contribution in [0.15, 0.2) is 17.0 Å². The van der Waals surface area contributed by atoms with E-state index in [1.807, 2.05) is 0 Å². The molecule has 1 saturated heterocycles. The third-order valence-electron chi connectivity index (χ3n) is 3.77. The minimum Gasteiger partial charge on any atom is -0.497 e. The first-order chi connectivity index (χ1) is 10.3. The third kappa shape index (κ3) is 3.59. The van der Waals surface area contributed by atoms with Crippen LogP contribution in [-0.4, -0.2) is 34.0 Å². The van der Waals surface area contributed by atoms with Crippen molar-refractivity contribution in [1.82, 2.24) is 10.0 Å². The Balaban J connectivity index is 2.32. The van der Waals surface area contributed by atoms with Crippen molar-refractivity contribution in [2.75, 3.05) is 13.7 Å². The summed E-state index contributed by atoms with van der Waals surface area (Å²) in [5.74, 6) is 0.353. The number of benzene rings is 1. The Morgan fingerprint density at radius 3 is 2.45 bits per heavy atom. The number of amides is 1. The van der Waals surface area contributed by atoms with Crippen LogP contribution < -0.4 is 14.8 Å². The number of aryl methyl sites for hydroxylation is 2. The van der Waals surface area contributed by atoms with Crippen LogP contribution in [0.5, 0.6) is 5.75 Å². The summed E-state index contributed by atoms with van der Waals surface area (Å²) in [5, 5.41) is 2.73. The van der Waals surface area contributed by atoms with E-state index >= 15 is 0 Å². The second-order valence-electron chi connectivity index (χ2n) is 5.55. The van der Waals surface area contributed by atoms with Crippen molar-refractivity contribution in [3.8, 4) is 5.75 Å². The average Bonchev–Trinajstić information content (AvgIpc) is 2.62. The minimum atomic E-state index is -3.76. The number of rotatable bonds is 4.